The van der Waals surface area contributed by atoms with Gasteiger partial charge in [-0.3, -0.25) is 4.72 Å². The fourth-order valence-electron chi connectivity index (χ4n) is 5.58. The molecule has 5 rings (SSSR count). The van der Waals surface area contributed by atoms with Crippen molar-refractivity contribution in [1.29, 1.82) is 0 Å². The van der Waals surface area contributed by atoms with Crippen LogP contribution in [0.2, 0.25) is 0 Å². The maximum absolute atomic E-state index is 6.57. The first-order valence-corrected chi connectivity index (χ1v) is 15.1. The van der Waals surface area contributed by atoms with Crippen molar-refractivity contribution in [1.82, 2.24) is 9.97 Å². The molecule has 4 aromatic rings. The Morgan fingerprint density at radius 3 is 2.44 bits per heavy atom. The number of hydrogen-bond acceptors (Lipinski definition) is 5. The van der Waals surface area contributed by atoms with Crippen LogP contribution in [0.15, 0.2) is 82.2 Å². The van der Waals surface area contributed by atoms with E-state index < -0.39 is 0 Å². The number of aromatic nitrogens is 2. The quantitative estimate of drug-likeness (QED) is 0.236. The van der Waals surface area contributed by atoms with Crippen LogP contribution in [0.25, 0.3) is 11.3 Å². The summed E-state index contributed by atoms with van der Waals surface area (Å²) in [7, 11) is 0. The van der Waals surface area contributed by atoms with E-state index in [4.69, 9.17) is 14.7 Å². The topological polar surface area (TPSA) is 47.0 Å². The Morgan fingerprint density at radius 1 is 0.949 bits per heavy atom. The van der Waals surface area contributed by atoms with Crippen LogP contribution in [0.3, 0.4) is 0 Å². The van der Waals surface area contributed by atoms with Gasteiger partial charge in [0.05, 0.1) is 12.3 Å². The lowest BCUT2D eigenvalue weighted by Gasteiger charge is -2.33. The molecule has 0 fully saturated rings. The Balaban J connectivity index is 1.58. The van der Waals surface area contributed by atoms with Crippen LogP contribution < -0.4 is 9.46 Å². The molecular formula is C33H36BrN3OS. The molecule has 0 radical (unpaired) electrons. The van der Waals surface area contributed by atoms with Gasteiger partial charge in [0.25, 0.3) is 0 Å². The smallest absolute Gasteiger partial charge is 0.237 e. The molecule has 0 saturated carbocycles. The van der Waals surface area contributed by atoms with Gasteiger partial charge < -0.3 is 4.74 Å². The van der Waals surface area contributed by atoms with Gasteiger partial charge in [-0.15, -0.1) is 0 Å². The lowest BCUT2D eigenvalue weighted by Crippen LogP contribution is -2.27. The van der Waals surface area contributed by atoms with E-state index in [2.05, 4.69) is 122 Å². The predicted octanol–water partition coefficient (Wildman–Crippen LogP) is 9.41. The number of anilines is 1. The van der Waals surface area contributed by atoms with Gasteiger partial charge in [0, 0.05) is 26.9 Å². The Bertz CT molecular complexity index is 1450. The summed E-state index contributed by atoms with van der Waals surface area (Å²) >= 11 is 5.22. The molecule has 0 saturated heterocycles. The fourth-order valence-corrected chi connectivity index (χ4v) is 6.66. The first-order valence-electron chi connectivity index (χ1n) is 13.5. The second kappa shape index (κ2) is 11.7. The van der Waals surface area contributed by atoms with Gasteiger partial charge >= 0.3 is 0 Å². The van der Waals surface area contributed by atoms with Crippen molar-refractivity contribution >= 4 is 33.8 Å². The second-order valence-electron chi connectivity index (χ2n) is 11.7. The highest BCUT2D eigenvalue weighted by atomic mass is 79.9. The van der Waals surface area contributed by atoms with Gasteiger partial charge in [-0.1, -0.05) is 79.2 Å². The summed E-state index contributed by atoms with van der Waals surface area (Å²) in [6, 6.07) is 25.9. The Kier molecular flexibility index (Phi) is 8.34. The number of fused-ring (bicyclic) bond motifs is 4. The highest BCUT2D eigenvalue weighted by molar-refractivity contribution is 9.10. The number of rotatable bonds is 4. The molecule has 4 nitrogen and oxygen atoms in total. The number of ether oxygens (including phenoxy) is 1. The monoisotopic (exact) mass is 601 g/mol. The van der Waals surface area contributed by atoms with Gasteiger partial charge in [-0.25, -0.2) is 4.98 Å². The van der Waals surface area contributed by atoms with Crippen LogP contribution in [0.5, 0.6) is 5.88 Å². The van der Waals surface area contributed by atoms with Crippen molar-refractivity contribution in [3.63, 3.8) is 0 Å². The van der Waals surface area contributed by atoms with Crippen molar-refractivity contribution in [2.24, 2.45) is 11.3 Å². The Labute approximate surface area is 245 Å². The molecule has 39 heavy (non-hydrogen) atoms. The van der Waals surface area contributed by atoms with Crippen molar-refractivity contribution < 1.29 is 4.74 Å². The first kappa shape index (κ1) is 27.7. The van der Waals surface area contributed by atoms with Crippen LogP contribution in [-0.4, -0.2) is 16.6 Å². The minimum absolute atomic E-state index is 0.148. The van der Waals surface area contributed by atoms with E-state index in [1.54, 1.807) is 11.9 Å². The summed E-state index contributed by atoms with van der Waals surface area (Å²) < 4.78 is 11.1. The molecule has 1 aliphatic heterocycles. The second-order valence-corrected chi connectivity index (χ2v) is 13.5. The molecule has 2 unspecified atom stereocenters. The van der Waals surface area contributed by atoms with Crippen molar-refractivity contribution in [3.05, 3.63) is 99.5 Å². The van der Waals surface area contributed by atoms with Gasteiger partial charge in [0.1, 0.15) is 0 Å². The maximum Gasteiger partial charge on any atom is 0.237 e. The summed E-state index contributed by atoms with van der Waals surface area (Å²) in [6.07, 6.45) is 1.97. The largest absolute Gasteiger partial charge is 0.477 e. The third kappa shape index (κ3) is 7.03. The van der Waals surface area contributed by atoms with Crippen LogP contribution in [-0.2, 0) is 6.42 Å². The molecule has 2 atom stereocenters. The zero-order valence-electron chi connectivity index (χ0n) is 23.3. The van der Waals surface area contributed by atoms with Crippen LogP contribution >= 0.6 is 27.9 Å². The zero-order valence-corrected chi connectivity index (χ0v) is 25.7. The van der Waals surface area contributed by atoms with Crippen LogP contribution in [0.4, 0.5) is 5.95 Å². The van der Waals surface area contributed by atoms with E-state index in [1.165, 1.54) is 22.3 Å². The summed E-state index contributed by atoms with van der Waals surface area (Å²) in [5, 5.41) is 0. The number of nitrogens with one attached hydrogen (secondary N) is 1. The Hall–Kier alpha value is -2.83. The third-order valence-corrected chi connectivity index (χ3v) is 8.49. The zero-order chi connectivity index (χ0) is 27.6. The fraction of sp³-hybridized carbons (Fsp3) is 0.333. The third-order valence-electron chi connectivity index (χ3n) is 7.22. The molecule has 0 spiro atoms. The average Bonchev–Trinajstić information content (AvgIpc) is 2.88. The van der Waals surface area contributed by atoms with Gasteiger partial charge in [0.15, 0.2) is 0 Å². The number of halogens is 1. The summed E-state index contributed by atoms with van der Waals surface area (Å²) in [6.45, 7) is 11.8. The molecule has 0 aliphatic carbocycles. The number of benzene rings is 3. The highest BCUT2D eigenvalue weighted by Crippen LogP contribution is 2.39. The van der Waals surface area contributed by atoms with Crippen LogP contribution in [0.1, 0.15) is 55.4 Å². The van der Waals surface area contributed by atoms with E-state index >= 15 is 0 Å². The van der Waals surface area contributed by atoms with E-state index in [0.29, 0.717) is 24.4 Å². The van der Waals surface area contributed by atoms with Crippen molar-refractivity contribution in [2.45, 2.75) is 58.3 Å². The van der Waals surface area contributed by atoms with Gasteiger partial charge in [-0.2, -0.15) is 4.98 Å². The van der Waals surface area contributed by atoms with Gasteiger partial charge in [0.2, 0.25) is 11.8 Å². The lowest BCUT2D eigenvalue weighted by molar-refractivity contribution is 0.166. The first-order chi connectivity index (χ1) is 18.6. The molecule has 1 aromatic heterocycles. The lowest BCUT2D eigenvalue weighted by atomic mass is 9.74. The summed E-state index contributed by atoms with van der Waals surface area (Å²) in [5.41, 5.74) is 7.18. The molecular weight excluding hydrogens is 566 g/mol. The average molecular weight is 603 g/mol. The minimum Gasteiger partial charge on any atom is -0.477 e. The van der Waals surface area contributed by atoms with Crippen molar-refractivity contribution in [2.75, 3.05) is 11.3 Å². The number of aryl methyl sites for hydroxylation is 2. The standard InChI is InChI=1S/C33H36BrN3OS/c1-21-9-6-10-22(2)31(21)29-18-30-36-32(35-29)37-39-27-14-8-12-24(17-27)28(16-23-11-7-13-26(34)15-23)25(20-38-30)19-33(3,4)5/h6-15,17-18,25,28H,16,19-20H2,1-5H3,(H,35,36,37). The number of hydrogen-bond donors (Lipinski definition) is 1. The SMILES string of the molecule is Cc1cccc(C)c1-c1cc2nc(n1)NSc1cccc(c1)C(Cc1cccc(Br)c1)C(CC(C)(C)C)CO2. The molecule has 6 heteroatoms. The molecule has 1 N–H and O–H groups in total. The predicted molar refractivity (Wildman–Crippen MR) is 167 cm³/mol. The molecule has 2 heterocycles. The van der Waals surface area contributed by atoms with E-state index in [9.17, 15) is 0 Å². The summed E-state index contributed by atoms with van der Waals surface area (Å²) in [4.78, 5) is 10.8. The van der Waals surface area contributed by atoms with Crippen LogP contribution in [0, 0.1) is 25.2 Å². The molecule has 1 aliphatic rings. The van der Waals surface area contributed by atoms with E-state index in [-0.39, 0.29) is 11.3 Å². The molecule has 202 valence electrons. The molecule has 3 aromatic carbocycles. The summed E-state index contributed by atoms with van der Waals surface area (Å²) in [5.74, 6) is 1.74. The highest BCUT2D eigenvalue weighted by Gasteiger charge is 2.30. The van der Waals surface area contributed by atoms with E-state index in [0.717, 1.165) is 33.5 Å². The van der Waals surface area contributed by atoms with Crippen molar-refractivity contribution in [3.8, 4) is 17.1 Å². The molecule has 4 bridgehead atoms. The molecule has 0 amide bonds. The Morgan fingerprint density at radius 2 is 1.69 bits per heavy atom. The normalized spacial score (nSPS) is 17.4. The van der Waals surface area contributed by atoms with E-state index in [1.807, 2.05) is 6.07 Å². The van der Waals surface area contributed by atoms with Gasteiger partial charge in [-0.05, 0) is 96.5 Å². The minimum atomic E-state index is 0.148. The number of nitrogens with zero attached hydrogens (tertiary/aromatic N) is 2. The maximum atomic E-state index is 6.57.